The van der Waals surface area contributed by atoms with Crippen molar-refractivity contribution in [2.75, 3.05) is 19.4 Å². The number of hydrogen-bond acceptors (Lipinski definition) is 5. The molecule has 0 bridgehead atoms. The molecule has 0 aromatic carbocycles. The highest BCUT2D eigenvalue weighted by Crippen LogP contribution is 2.37. The van der Waals surface area contributed by atoms with Crippen molar-refractivity contribution in [2.45, 2.75) is 33.0 Å². The first kappa shape index (κ1) is 22.7. The Hall–Kier alpha value is -2.58. The van der Waals surface area contributed by atoms with Gasteiger partial charge in [0.05, 0.1) is 21.2 Å². The van der Waals surface area contributed by atoms with Gasteiger partial charge in [-0.05, 0) is 26.3 Å². The number of rotatable bonds is 4. The molecule has 29 heavy (non-hydrogen) atoms. The Labute approximate surface area is 173 Å². The van der Waals surface area contributed by atoms with Crippen molar-refractivity contribution in [3.8, 4) is 6.07 Å². The van der Waals surface area contributed by atoms with E-state index >= 15 is 0 Å². The van der Waals surface area contributed by atoms with Gasteiger partial charge in [-0.25, -0.2) is 0 Å². The van der Waals surface area contributed by atoms with Crippen LogP contribution in [-0.2, 0) is 11.0 Å². The van der Waals surface area contributed by atoms with Crippen LogP contribution in [0.5, 0.6) is 0 Å². The lowest BCUT2D eigenvalue weighted by Gasteiger charge is -2.14. The van der Waals surface area contributed by atoms with Gasteiger partial charge in [0.1, 0.15) is 17.1 Å². The topological polar surface area (TPSA) is 91.0 Å². The van der Waals surface area contributed by atoms with E-state index in [9.17, 15) is 28.0 Å². The maximum Gasteiger partial charge on any atom is 0.436 e. The molecule has 156 valence electrons. The predicted molar refractivity (Wildman–Crippen MR) is 102 cm³/mol. The lowest BCUT2D eigenvalue weighted by molar-refractivity contribution is -0.141. The number of carbonyl (C=O) groups excluding carboxylic acids is 2. The van der Waals surface area contributed by atoms with Crippen LogP contribution in [0.3, 0.4) is 0 Å². The number of aromatic nitrogens is 2. The Morgan fingerprint density at radius 1 is 1.34 bits per heavy atom. The van der Waals surface area contributed by atoms with E-state index in [1.165, 1.54) is 18.7 Å². The van der Waals surface area contributed by atoms with E-state index in [1.54, 1.807) is 21.0 Å². The van der Waals surface area contributed by atoms with Gasteiger partial charge in [-0.2, -0.15) is 23.5 Å². The van der Waals surface area contributed by atoms with Crippen molar-refractivity contribution < 1.29 is 22.8 Å². The van der Waals surface area contributed by atoms with Gasteiger partial charge in [0.25, 0.3) is 5.91 Å². The molecular formula is C17H17ClF3N5O2S. The van der Waals surface area contributed by atoms with Gasteiger partial charge < -0.3 is 10.2 Å². The van der Waals surface area contributed by atoms with Crippen molar-refractivity contribution in [3.05, 3.63) is 32.4 Å². The van der Waals surface area contributed by atoms with Crippen LogP contribution >= 0.6 is 22.9 Å². The zero-order valence-corrected chi connectivity index (χ0v) is 17.7. The molecule has 0 aliphatic carbocycles. The minimum absolute atomic E-state index is 0.0204. The number of anilines is 1. The van der Waals surface area contributed by atoms with Crippen LogP contribution in [0.4, 0.5) is 18.2 Å². The fourth-order valence-corrected chi connectivity index (χ4v) is 3.94. The summed E-state index contributed by atoms with van der Waals surface area (Å²) < 4.78 is 39.9. The number of halogens is 4. The number of amides is 2. The van der Waals surface area contributed by atoms with Crippen LogP contribution in [0.15, 0.2) is 0 Å². The third-order valence-corrected chi connectivity index (χ3v) is 5.84. The van der Waals surface area contributed by atoms with Crippen LogP contribution in [0.2, 0.25) is 5.02 Å². The standard InChI is InChI=1S/C17H17ClF3N5O2S/c1-7-10(6-22)15(29-12(7)16(28)25(4)5)23-14(27)9(3)26-8(2)11(18)13(24-26)17(19,20)21/h9H,1-5H3,(H,23,27). The number of thiophene rings is 1. The fourth-order valence-electron chi connectivity index (χ4n) is 2.53. The molecule has 0 radical (unpaired) electrons. The molecule has 2 heterocycles. The normalized spacial score (nSPS) is 12.4. The first-order valence-corrected chi connectivity index (χ1v) is 9.38. The Balaban J connectivity index is 2.38. The highest BCUT2D eigenvalue weighted by Gasteiger charge is 2.39. The van der Waals surface area contributed by atoms with Crippen molar-refractivity contribution in [1.82, 2.24) is 14.7 Å². The second kappa shape index (κ2) is 8.04. The lowest BCUT2D eigenvalue weighted by Crippen LogP contribution is -2.25. The van der Waals surface area contributed by atoms with Gasteiger partial charge in [0, 0.05) is 14.1 Å². The zero-order chi connectivity index (χ0) is 22.3. The van der Waals surface area contributed by atoms with Crippen LogP contribution < -0.4 is 5.32 Å². The summed E-state index contributed by atoms with van der Waals surface area (Å²) in [6.45, 7) is 4.25. The smallest absolute Gasteiger partial charge is 0.344 e. The predicted octanol–water partition coefficient (Wildman–Crippen LogP) is 4.01. The molecule has 1 atom stereocenters. The minimum Gasteiger partial charge on any atom is -0.344 e. The van der Waals surface area contributed by atoms with Gasteiger partial charge in [-0.3, -0.25) is 14.3 Å². The summed E-state index contributed by atoms with van der Waals surface area (Å²) in [7, 11) is 3.10. The molecule has 0 aliphatic rings. The molecule has 0 spiro atoms. The summed E-state index contributed by atoms with van der Waals surface area (Å²) >= 11 is 6.65. The maximum absolute atomic E-state index is 13.0. The lowest BCUT2D eigenvalue weighted by atomic mass is 10.1. The van der Waals surface area contributed by atoms with Gasteiger partial charge in [-0.1, -0.05) is 11.6 Å². The maximum atomic E-state index is 13.0. The molecule has 7 nitrogen and oxygen atoms in total. The summed E-state index contributed by atoms with van der Waals surface area (Å²) in [5.74, 6) is -1.04. The van der Waals surface area contributed by atoms with Crippen molar-refractivity contribution in [2.24, 2.45) is 0 Å². The Bertz CT molecular complexity index is 1020. The van der Waals surface area contributed by atoms with Crippen LogP contribution in [-0.4, -0.2) is 40.6 Å². The zero-order valence-electron chi connectivity index (χ0n) is 16.1. The Morgan fingerprint density at radius 2 is 1.93 bits per heavy atom. The average molecular weight is 448 g/mol. The third kappa shape index (κ3) is 4.23. The summed E-state index contributed by atoms with van der Waals surface area (Å²) in [5.41, 5.74) is -0.767. The molecule has 0 saturated heterocycles. The number of nitrogens with one attached hydrogen (secondary N) is 1. The molecule has 2 aromatic heterocycles. The number of nitrogens with zero attached hydrogens (tertiary/aromatic N) is 4. The number of carbonyl (C=O) groups is 2. The van der Waals surface area contributed by atoms with Gasteiger partial charge in [0.2, 0.25) is 5.91 Å². The molecule has 1 N–H and O–H groups in total. The van der Waals surface area contributed by atoms with Crippen molar-refractivity contribution in [3.63, 3.8) is 0 Å². The SMILES string of the molecule is Cc1c(C(=O)N(C)C)sc(NC(=O)C(C)n2nc(C(F)(F)F)c(Cl)c2C)c1C#N. The summed E-state index contributed by atoms with van der Waals surface area (Å²) in [6.07, 6.45) is -4.76. The number of hydrogen-bond donors (Lipinski definition) is 1. The number of nitriles is 1. The van der Waals surface area contributed by atoms with Crippen LogP contribution in [0.1, 0.15) is 45.2 Å². The van der Waals surface area contributed by atoms with E-state index in [0.717, 1.165) is 16.0 Å². The second-order valence-corrected chi connectivity index (χ2v) is 7.83. The quantitative estimate of drug-likeness (QED) is 0.766. The van der Waals surface area contributed by atoms with Crippen LogP contribution in [0, 0.1) is 25.2 Å². The monoisotopic (exact) mass is 447 g/mol. The largest absolute Gasteiger partial charge is 0.436 e. The minimum atomic E-state index is -4.76. The van der Waals surface area contributed by atoms with Crippen molar-refractivity contribution >= 4 is 39.8 Å². The first-order valence-electron chi connectivity index (χ1n) is 8.19. The van der Waals surface area contributed by atoms with Gasteiger partial charge in [-0.15, -0.1) is 11.3 Å². The van der Waals surface area contributed by atoms with E-state index in [1.807, 2.05) is 6.07 Å². The Kier molecular flexibility index (Phi) is 6.30. The molecule has 1 unspecified atom stereocenters. The fraction of sp³-hybridized carbons (Fsp3) is 0.412. The summed E-state index contributed by atoms with van der Waals surface area (Å²) in [6, 6.07) is 0.792. The van der Waals surface area contributed by atoms with Crippen LogP contribution in [0.25, 0.3) is 0 Å². The highest BCUT2D eigenvalue weighted by molar-refractivity contribution is 7.18. The highest BCUT2D eigenvalue weighted by atomic mass is 35.5. The molecule has 0 fully saturated rings. The number of alkyl halides is 3. The molecular weight excluding hydrogens is 431 g/mol. The molecule has 2 rings (SSSR count). The second-order valence-electron chi connectivity index (χ2n) is 6.43. The molecule has 12 heteroatoms. The molecule has 0 aliphatic heterocycles. The van der Waals surface area contributed by atoms with Gasteiger partial charge >= 0.3 is 6.18 Å². The van der Waals surface area contributed by atoms with Crippen molar-refractivity contribution in [1.29, 1.82) is 5.26 Å². The molecule has 0 saturated carbocycles. The summed E-state index contributed by atoms with van der Waals surface area (Å²) in [5, 5.41) is 14.9. The average Bonchev–Trinajstić information content (AvgIpc) is 3.10. The third-order valence-electron chi connectivity index (χ3n) is 4.19. The van der Waals surface area contributed by atoms with E-state index in [4.69, 9.17) is 11.6 Å². The van der Waals surface area contributed by atoms with E-state index < -0.39 is 28.8 Å². The van der Waals surface area contributed by atoms with E-state index in [-0.39, 0.29) is 27.0 Å². The first-order chi connectivity index (χ1) is 13.3. The molecule has 2 aromatic rings. The summed E-state index contributed by atoms with van der Waals surface area (Å²) in [4.78, 5) is 26.5. The van der Waals surface area contributed by atoms with E-state index in [0.29, 0.717) is 5.56 Å². The van der Waals surface area contributed by atoms with Gasteiger partial charge in [0.15, 0.2) is 5.69 Å². The Morgan fingerprint density at radius 3 is 2.38 bits per heavy atom. The molecule has 2 amide bonds. The van der Waals surface area contributed by atoms with E-state index in [2.05, 4.69) is 10.4 Å².